The van der Waals surface area contributed by atoms with Crippen LogP contribution in [0.5, 0.6) is 5.75 Å². The van der Waals surface area contributed by atoms with E-state index in [0.717, 1.165) is 11.1 Å². The number of amides is 1. The molecular formula is C19H21NO4. The second kappa shape index (κ2) is 8.15. The minimum absolute atomic E-state index is 0.0874. The Kier molecular flexibility index (Phi) is 5.95. The zero-order valence-electron chi connectivity index (χ0n) is 13.8. The lowest BCUT2D eigenvalue weighted by Crippen LogP contribution is -2.12. The average molecular weight is 327 g/mol. The van der Waals surface area contributed by atoms with E-state index in [0.29, 0.717) is 30.0 Å². The Morgan fingerprint density at radius 3 is 2.25 bits per heavy atom. The molecule has 0 bridgehead atoms. The molecule has 0 aliphatic rings. The van der Waals surface area contributed by atoms with Crippen molar-refractivity contribution in [2.24, 2.45) is 0 Å². The number of aliphatic carboxylic acids is 1. The maximum atomic E-state index is 12.3. The van der Waals surface area contributed by atoms with Crippen molar-refractivity contribution in [3.05, 3.63) is 59.2 Å². The van der Waals surface area contributed by atoms with Gasteiger partial charge in [0.05, 0.1) is 6.61 Å². The summed E-state index contributed by atoms with van der Waals surface area (Å²) in [7, 11) is 0. The Bertz CT molecular complexity index is 702. The molecule has 0 unspecified atom stereocenters. The fourth-order valence-corrected chi connectivity index (χ4v) is 2.36. The fourth-order valence-electron chi connectivity index (χ4n) is 2.36. The predicted molar refractivity (Wildman–Crippen MR) is 92.7 cm³/mol. The molecule has 5 nitrogen and oxygen atoms in total. The number of ether oxygens (including phenoxy) is 1. The van der Waals surface area contributed by atoms with Gasteiger partial charge in [-0.2, -0.15) is 0 Å². The second-order valence-corrected chi connectivity index (χ2v) is 5.70. The third-order valence-corrected chi connectivity index (χ3v) is 3.40. The summed E-state index contributed by atoms with van der Waals surface area (Å²) in [6, 6.07) is 12.7. The third kappa shape index (κ3) is 5.43. The summed E-state index contributed by atoms with van der Waals surface area (Å²) in [6.45, 7) is 4.26. The molecule has 2 N–H and O–H groups in total. The number of carboxylic acid groups (broad SMARTS) is 1. The van der Waals surface area contributed by atoms with Gasteiger partial charge in [0.2, 0.25) is 0 Å². The van der Waals surface area contributed by atoms with E-state index in [9.17, 15) is 9.59 Å². The number of carboxylic acids is 1. The van der Waals surface area contributed by atoms with Crippen molar-refractivity contribution in [2.45, 2.75) is 26.7 Å². The Morgan fingerprint density at radius 1 is 1.04 bits per heavy atom. The monoisotopic (exact) mass is 327 g/mol. The summed E-state index contributed by atoms with van der Waals surface area (Å²) in [6.07, 6.45) is 0.546. The van der Waals surface area contributed by atoms with E-state index < -0.39 is 5.97 Å². The molecular weight excluding hydrogens is 306 g/mol. The van der Waals surface area contributed by atoms with Gasteiger partial charge in [-0.05, 0) is 56.7 Å². The molecule has 0 saturated heterocycles. The van der Waals surface area contributed by atoms with Crippen LogP contribution in [0.3, 0.4) is 0 Å². The van der Waals surface area contributed by atoms with Crippen molar-refractivity contribution in [1.29, 1.82) is 0 Å². The number of carbonyl (C=O) groups excluding carboxylic acids is 1. The van der Waals surface area contributed by atoms with Crippen LogP contribution in [0.4, 0.5) is 5.69 Å². The Morgan fingerprint density at radius 2 is 1.67 bits per heavy atom. The summed E-state index contributed by atoms with van der Waals surface area (Å²) in [5.74, 6) is -0.343. The standard InChI is InChI=1S/C19H21NO4/c1-13-10-14(2)12-15(11-13)19(23)20-16-5-7-17(8-6-16)24-9-3-4-18(21)22/h5-8,10-12H,3-4,9H2,1-2H3,(H,20,23)(H,21,22). The Labute approximate surface area is 141 Å². The van der Waals surface area contributed by atoms with Crippen molar-refractivity contribution in [3.63, 3.8) is 0 Å². The topological polar surface area (TPSA) is 75.6 Å². The lowest BCUT2D eigenvalue weighted by Gasteiger charge is -2.09. The number of anilines is 1. The molecule has 5 heteroatoms. The molecule has 0 atom stereocenters. The van der Waals surface area contributed by atoms with Crippen LogP contribution in [0.15, 0.2) is 42.5 Å². The van der Waals surface area contributed by atoms with Gasteiger partial charge in [0.1, 0.15) is 5.75 Å². The van der Waals surface area contributed by atoms with E-state index in [1.165, 1.54) is 0 Å². The Hall–Kier alpha value is -2.82. The number of nitrogens with one attached hydrogen (secondary N) is 1. The smallest absolute Gasteiger partial charge is 0.303 e. The van der Waals surface area contributed by atoms with Crippen molar-refractivity contribution >= 4 is 17.6 Å². The predicted octanol–water partition coefficient (Wildman–Crippen LogP) is 3.80. The van der Waals surface area contributed by atoms with Gasteiger partial charge in [-0.1, -0.05) is 17.2 Å². The first-order chi connectivity index (χ1) is 11.4. The minimum Gasteiger partial charge on any atom is -0.494 e. The summed E-state index contributed by atoms with van der Waals surface area (Å²) in [4.78, 5) is 22.7. The van der Waals surface area contributed by atoms with E-state index in [2.05, 4.69) is 5.32 Å². The number of hydrogen-bond donors (Lipinski definition) is 2. The molecule has 0 aromatic heterocycles. The molecule has 2 aromatic carbocycles. The summed E-state index contributed by atoms with van der Waals surface area (Å²) in [5.41, 5.74) is 3.40. The summed E-state index contributed by atoms with van der Waals surface area (Å²) < 4.78 is 5.46. The van der Waals surface area contributed by atoms with Crippen LogP contribution in [0.1, 0.15) is 34.3 Å². The molecule has 126 valence electrons. The van der Waals surface area contributed by atoms with Gasteiger partial charge in [-0.25, -0.2) is 0 Å². The number of benzene rings is 2. The van der Waals surface area contributed by atoms with Gasteiger partial charge in [0, 0.05) is 17.7 Å². The highest BCUT2D eigenvalue weighted by atomic mass is 16.5. The van der Waals surface area contributed by atoms with Gasteiger partial charge in [0.15, 0.2) is 0 Å². The fraction of sp³-hybridized carbons (Fsp3) is 0.263. The zero-order chi connectivity index (χ0) is 17.5. The molecule has 0 heterocycles. The van der Waals surface area contributed by atoms with Crippen LogP contribution in [0, 0.1) is 13.8 Å². The maximum absolute atomic E-state index is 12.3. The van der Waals surface area contributed by atoms with Crippen LogP contribution < -0.4 is 10.1 Å². The SMILES string of the molecule is Cc1cc(C)cc(C(=O)Nc2ccc(OCCCC(=O)O)cc2)c1. The van der Waals surface area contributed by atoms with E-state index >= 15 is 0 Å². The molecule has 24 heavy (non-hydrogen) atoms. The number of hydrogen-bond acceptors (Lipinski definition) is 3. The molecule has 0 aliphatic heterocycles. The van der Waals surface area contributed by atoms with E-state index in [1.54, 1.807) is 24.3 Å². The lowest BCUT2D eigenvalue weighted by atomic mass is 10.1. The molecule has 0 fully saturated rings. The number of aryl methyl sites for hydroxylation is 2. The summed E-state index contributed by atoms with van der Waals surface area (Å²) in [5, 5.41) is 11.4. The average Bonchev–Trinajstić information content (AvgIpc) is 2.52. The highest BCUT2D eigenvalue weighted by molar-refractivity contribution is 6.04. The van der Waals surface area contributed by atoms with Crippen molar-refractivity contribution in [1.82, 2.24) is 0 Å². The van der Waals surface area contributed by atoms with Gasteiger partial charge in [0.25, 0.3) is 5.91 Å². The molecule has 0 aliphatic carbocycles. The first-order valence-electron chi connectivity index (χ1n) is 7.78. The normalized spacial score (nSPS) is 10.2. The van der Waals surface area contributed by atoms with Gasteiger partial charge in [-0.3, -0.25) is 9.59 Å². The second-order valence-electron chi connectivity index (χ2n) is 5.70. The third-order valence-electron chi connectivity index (χ3n) is 3.40. The van der Waals surface area contributed by atoms with E-state index in [1.807, 2.05) is 32.0 Å². The van der Waals surface area contributed by atoms with Gasteiger partial charge < -0.3 is 15.2 Å². The highest BCUT2D eigenvalue weighted by Gasteiger charge is 2.07. The highest BCUT2D eigenvalue weighted by Crippen LogP contribution is 2.17. The molecule has 0 radical (unpaired) electrons. The first-order valence-corrected chi connectivity index (χ1v) is 7.78. The van der Waals surface area contributed by atoms with E-state index in [-0.39, 0.29) is 12.3 Å². The largest absolute Gasteiger partial charge is 0.494 e. The first kappa shape index (κ1) is 17.5. The van der Waals surface area contributed by atoms with Crippen LogP contribution >= 0.6 is 0 Å². The molecule has 2 rings (SSSR count). The number of rotatable bonds is 7. The Balaban J connectivity index is 1.91. The van der Waals surface area contributed by atoms with Gasteiger partial charge >= 0.3 is 5.97 Å². The van der Waals surface area contributed by atoms with Crippen LogP contribution in [-0.4, -0.2) is 23.6 Å². The van der Waals surface area contributed by atoms with Crippen molar-refractivity contribution in [3.8, 4) is 5.75 Å². The van der Waals surface area contributed by atoms with Crippen molar-refractivity contribution < 1.29 is 19.4 Å². The quantitative estimate of drug-likeness (QED) is 0.759. The van der Waals surface area contributed by atoms with E-state index in [4.69, 9.17) is 9.84 Å². The summed E-state index contributed by atoms with van der Waals surface area (Å²) >= 11 is 0. The van der Waals surface area contributed by atoms with Crippen molar-refractivity contribution in [2.75, 3.05) is 11.9 Å². The maximum Gasteiger partial charge on any atom is 0.303 e. The molecule has 0 saturated carbocycles. The van der Waals surface area contributed by atoms with Crippen LogP contribution in [-0.2, 0) is 4.79 Å². The minimum atomic E-state index is -0.831. The molecule has 0 spiro atoms. The molecule has 2 aromatic rings. The van der Waals surface area contributed by atoms with Crippen LogP contribution in [0.25, 0.3) is 0 Å². The molecule has 1 amide bonds. The van der Waals surface area contributed by atoms with Crippen LogP contribution in [0.2, 0.25) is 0 Å². The lowest BCUT2D eigenvalue weighted by molar-refractivity contribution is -0.137. The zero-order valence-corrected chi connectivity index (χ0v) is 13.8. The van der Waals surface area contributed by atoms with Gasteiger partial charge in [-0.15, -0.1) is 0 Å². The number of carbonyl (C=O) groups is 2.